The second-order valence-electron chi connectivity index (χ2n) is 11.7. The van der Waals surface area contributed by atoms with Crippen molar-refractivity contribution in [1.29, 1.82) is 0 Å². The summed E-state index contributed by atoms with van der Waals surface area (Å²) in [7, 11) is 1.61. The number of ether oxygens (including phenoxy) is 1. The van der Waals surface area contributed by atoms with E-state index in [9.17, 15) is 9.59 Å². The highest BCUT2D eigenvalue weighted by Gasteiger charge is 2.64. The van der Waals surface area contributed by atoms with Crippen LogP contribution in [0.1, 0.15) is 49.5 Å². The maximum Gasteiger partial charge on any atom is 0.291 e. The van der Waals surface area contributed by atoms with Crippen molar-refractivity contribution in [3.8, 4) is 5.75 Å². The van der Waals surface area contributed by atoms with E-state index in [1.807, 2.05) is 93.6 Å². The molecule has 44 heavy (non-hydrogen) atoms. The number of hydrogen-bond donors (Lipinski definition) is 0. The van der Waals surface area contributed by atoms with Crippen molar-refractivity contribution in [2.24, 2.45) is 0 Å². The molecule has 1 spiro atoms. The first-order valence-electron chi connectivity index (χ1n) is 14.7. The molecule has 7 rings (SSSR count). The number of para-hydroxylation sites is 1. The normalized spacial score (nSPS) is 17.1. The molecule has 0 bridgehead atoms. The summed E-state index contributed by atoms with van der Waals surface area (Å²) in [5.41, 5.74) is 4.58. The van der Waals surface area contributed by atoms with Crippen molar-refractivity contribution in [2.75, 3.05) is 18.6 Å². The van der Waals surface area contributed by atoms with Gasteiger partial charge in [0.05, 0.1) is 30.3 Å². The minimum atomic E-state index is -1.66. The molecule has 1 unspecified atom stereocenters. The van der Waals surface area contributed by atoms with Crippen molar-refractivity contribution in [2.45, 2.75) is 39.3 Å². The van der Waals surface area contributed by atoms with Gasteiger partial charge in [-0.2, -0.15) is 0 Å². The summed E-state index contributed by atoms with van der Waals surface area (Å²) < 4.78 is 11.6. The van der Waals surface area contributed by atoms with Gasteiger partial charge in [-0.05, 0) is 79.8 Å². The molecule has 1 aromatic heterocycles. The Bertz CT molecular complexity index is 2040. The molecule has 0 N–H and O–H groups in total. The van der Waals surface area contributed by atoms with Crippen LogP contribution in [0.5, 0.6) is 5.75 Å². The fourth-order valence-electron chi connectivity index (χ4n) is 6.73. The minimum Gasteiger partial charge on any atom is -0.497 e. The van der Waals surface area contributed by atoms with Gasteiger partial charge < -0.3 is 19.0 Å². The van der Waals surface area contributed by atoms with Gasteiger partial charge in [0, 0.05) is 12.1 Å². The van der Waals surface area contributed by atoms with Gasteiger partial charge in [-0.1, -0.05) is 60.2 Å². The second-order valence-corrected chi connectivity index (χ2v) is 11.7. The van der Waals surface area contributed by atoms with E-state index in [2.05, 4.69) is 0 Å². The van der Waals surface area contributed by atoms with Gasteiger partial charge in [-0.25, -0.2) is 0 Å². The van der Waals surface area contributed by atoms with Crippen LogP contribution in [0.25, 0.3) is 11.0 Å². The molecule has 0 fully saturated rings. The van der Waals surface area contributed by atoms with Crippen molar-refractivity contribution in [3.63, 3.8) is 0 Å². The number of hydrogen-bond acceptors (Lipinski definition) is 5. The fraction of sp³-hybridized carbons (Fsp3) is 0.216. The predicted octanol–water partition coefficient (Wildman–Crippen LogP) is 6.22. The lowest BCUT2D eigenvalue weighted by molar-refractivity contribution is -0.126. The number of carbonyl (C=O) groups is 2. The van der Waals surface area contributed by atoms with Crippen LogP contribution in [0, 0.1) is 20.8 Å². The Kier molecular flexibility index (Phi) is 6.43. The summed E-state index contributed by atoms with van der Waals surface area (Å²) in [4.78, 5) is 47.2. The van der Waals surface area contributed by atoms with Crippen molar-refractivity contribution >= 4 is 28.5 Å². The average molecular weight is 585 g/mol. The number of carbonyl (C=O) groups excluding carboxylic acids is 2. The predicted molar refractivity (Wildman–Crippen MR) is 169 cm³/mol. The zero-order chi connectivity index (χ0) is 30.7. The molecule has 0 radical (unpaired) electrons. The number of rotatable bonds is 6. The SMILES string of the molecule is COc1ccc(CCN2C(=O)c3oc4cc(C)c(C)cc4c(=O)c3C23C(=O)N(Cc2cccc(C)c2)c2ccccc23)cc1. The third kappa shape index (κ3) is 3.99. The van der Waals surface area contributed by atoms with Crippen LogP contribution < -0.4 is 15.1 Å². The lowest BCUT2D eigenvalue weighted by Gasteiger charge is -2.34. The zero-order valence-corrected chi connectivity index (χ0v) is 25.1. The lowest BCUT2D eigenvalue weighted by atomic mass is 9.83. The topological polar surface area (TPSA) is 80.1 Å². The van der Waals surface area contributed by atoms with Crippen molar-refractivity contribution in [1.82, 2.24) is 4.90 Å². The average Bonchev–Trinajstić information content (AvgIpc) is 3.41. The fourth-order valence-corrected chi connectivity index (χ4v) is 6.73. The van der Waals surface area contributed by atoms with E-state index >= 15 is 4.79 Å². The molecular formula is C37H32N2O5. The molecule has 1 atom stereocenters. The summed E-state index contributed by atoms with van der Waals surface area (Å²) in [6.07, 6.45) is 0.463. The van der Waals surface area contributed by atoms with Crippen LogP contribution in [0.15, 0.2) is 94.1 Å². The zero-order valence-electron chi connectivity index (χ0n) is 25.1. The molecule has 0 saturated heterocycles. The minimum absolute atomic E-state index is 0.0685. The molecule has 2 aliphatic heterocycles. The molecule has 220 valence electrons. The molecule has 7 heteroatoms. The summed E-state index contributed by atoms with van der Waals surface area (Å²) >= 11 is 0. The Balaban J connectivity index is 1.45. The van der Waals surface area contributed by atoms with Gasteiger partial charge in [0.1, 0.15) is 11.3 Å². The number of aryl methyl sites for hydroxylation is 3. The first-order chi connectivity index (χ1) is 21.2. The van der Waals surface area contributed by atoms with Gasteiger partial charge in [-0.3, -0.25) is 14.4 Å². The molecule has 2 aliphatic rings. The van der Waals surface area contributed by atoms with E-state index in [-0.39, 0.29) is 29.2 Å². The van der Waals surface area contributed by atoms with Gasteiger partial charge in [0.2, 0.25) is 5.76 Å². The first kappa shape index (κ1) is 27.7. The maximum absolute atomic E-state index is 15.0. The van der Waals surface area contributed by atoms with E-state index in [0.29, 0.717) is 35.2 Å². The summed E-state index contributed by atoms with van der Waals surface area (Å²) in [5.74, 6) is -0.140. The molecule has 0 aliphatic carbocycles. The van der Waals surface area contributed by atoms with Gasteiger partial charge in [0.25, 0.3) is 11.8 Å². The van der Waals surface area contributed by atoms with E-state index in [1.165, 1.54) is 0 Å². The van der Waals surface area contributed by atoms with Gasteiger partial charge in [-0.15, -0.1) is 0 Å². The number of methoxy groups -OCH3 is 1. The Morgan fingerprint density at radius 1 is 0.818 bits per heavy atom. The standard InChI is InChI=1S/C37H32N2O5/c1-22-8-7-9-26(18-22)21-38-30-11-6-5-10-29(30)37(36(38)42)32-33(40)28-19-23(2)24(3)20-31(28)44-34(32)35(41)39(37)17-16-25-12-14-27(43-4)15-13-25/h5-15,18-20H,16-17,21H2,1-4H3. The molecule has 5 aromatic rings. The number of anilines is 1. The summed E-state index contributed by atoms with van der Waals surface area (Å²) in [5, 5.41) is 0.360. The molecule has 0 saturated carbocycles. The maximum atomic E-state index is 15.0. The number of fused-ring (bicyclic) bond motifs is 5. The molecular weight excluding hydrogens is 552 g/mol. The van der Waals surface area contributed by atoms with Crippen molar-refractivity contribution < 1.29 is 18.7 Å². The second kappa shape index (κ2) is 10.2. The molecule has 2 amide bonds. The van der Waals surface area contributed by atoms with Crippen LogP contribution in [-0.4, -0.2) is 30.4 Å². The van der Waals surface area contributed by atoms with Crippen LogP contribution in [-0.2, 0) is 23.3 Å². The third-order valence-electron chi connectivity index (χ3n) is 9.06. The number of amides is 2. The Morgan fingerprint density at radius 2 is 1.57 bits per heavy atom. The quantitative estimate of drug-likeness (QED) is 0.237. The molecule has 7 nitrogen and oxygen atoms in total. The Hall–Kier alpha value is -5.17. The number of nitrogens with zero attached hydrogens (tertiary/aromatic N) is 2. The van der Waals surface area contributed by atoms with Gasteiger partial charge >= 0.3 is 0 Å². The largest absolute Gasteiger partial charge is 0.497 e. The van der Waals surface area contributed by atoms with Crippen LogP contribution in [0.3, 0.4) is 0 Å². The van der Waals surface area contributed by atoms with Gasteiger partial charge in [0.15, 0.2) is 11.0 Å². The van der Waals surface area contributed by atoms with Crippen molar-refractivity contribution in [3.05, 3.63) is 140 Å². The summed E-state index contributed by atoms with van der Waals surface area (Å²) in [6, 6.07) is 26.7. The van der Waals surface area contributed by atoms with E-state index in [4.69, 9.17) is 9.15 Å². The Labute approximate surface area is 255 Å². The van der Waals surface area contributed by atoms with Crippen LogP contribution >= 0.6 is 0 Å². The number of benzene rings is 4. The molecule has 4 aromatic carbocycles. The monoisotopic (exact) mass is 584 g/mol. The highest BCUT2D eigenvalue weighted by atomic mass is 16.5. The highest BCUT2D eigenvalue weighted by Crippen LogP contribution is 2.53. The smallest absolute Gasteiger partial charge is 0.291 e. The highest BCUT2D eigenvalue weighted by molar-refractivity contribution is 6.17. The Morgan fingerprint density at radius 3 is 2.32 bits per heavy atom. The van der Waals surface area contributed by atoms with Crippen LogP contribution in [0.2, 0.25) is 0 Å². The van der Waals surface area contributed by atoms with E-state index in [0.717, 1.165) is 33.6 Å². The van der Waals surface area contributed by atoms with E-state index in [1.54, 1.807) is 29.0 Å². The molecule has 3 heterocycles. The lowest BCUT2D eigenvalue weighted by Crippen LogP contribution is -2.53. The summed E-state index contributed by atoms with van der Waals surface area (Å²) in [6.45, 7) is 6.38. The van der Waals surface area contributed by atoms with Crippen LogP contribution in [0.4, 0.5) is 5.69 Å². The third-order valence-corrected chi connectivity index (χ3v) is 9.06. The van der Waals surface area contributed by atoms with E-state index < -0.39 is 11.4 Å². The first-order valence-corrected chi connectivity index (χ1v) is 14.7.